The molecule has 0 atom stereocenters. The summed E-state index contributed by atoms with van der Waals surface area (Å²) in [5.41, 5.74) is 1.04. The molecule has 10 heavy (non-hydrogen) atoms. The van der Waals surface area contributed by atoms with Gasteiger partial charge in [-0.3, -0.25) is 0 Å². The van der Waals surface area contributed by atoms with E-state index in [-0.39, 0.29) is 0 Å². The maximum absolute atomic E-state index is 5.56. The zero-order valence-electron chi connectivity index (χ0n) is 5.76. The lowest BCUT2D eigenvalue weighted by molar-refractivity contribution is 1.23. The van der Waals surface area contributed by atoms with Crippen LogP contribution in [0, 0.1) is 0 Å². The molecule has 0 fully saturated rings. The number of halogens is 1. The molecule has 0 bridgehead atoms. The van der Waals surface area contributed by atoms with Crippen molar-refractivity contribution < 1.29 is 0 Å². The number of nitrogens with one attached hydrogen (secondary N) is 1. The Bertz CT molecular complexity index is 172. The lowest BCUT2D eigenvalue weighted by Gasteiger charge is -1.97. The van der Waals surface area contributed by atoms with Gasteiger partial charge in [-0.1, -0.05) is 6.07 Å². The third kappa shape index (κ3) is 1.61. The average molecular weight is 157 g/mol. The van der Waals surface area contributed by atoms with Crippen LogP contribution in [-0.2, 0) is 5.88 Å². The SMILES string of the molecule is CNc1ccc(CCl)cn1. The van der Waals surface area contributed by atoms with Gasteiger partial charge in [-0.25, -0.2) is 4.98 Å². The van der Waals surface area contributed by atoms with Crippen molar-refractivity contribution in [1.82, 2.24) is 4.98 Å². The van der Waals surface area contributed by atoms with Crippen LogP contribution in [-0.4, -0.2) is 12.0 Å². The molecule has 0 spiro atoms. The third-order valence-electron chi connectivity index (χ3n) is 1.24. The molecule has 1 heterocycles. The number of nitrogens with zero attached hydrogens (tertiary/aromatic N) is 1. The number of hydrogen-bond acceptors (Lipinski definition) is 2. The molecule has 1 aromatic heterocycles. The lowest BCUT2D eigenvalue weighted by Crippen LogP contribution is -1.91. The van der Waals surface area contributed by atoms with Gasteiger partial charge in [0.2, 0.25) is 0 Å². The standard InChI is InChI=1S/C7H9ClN2/c1-9-7-3-2-6(4-8)5-10-7/h2-3,5H,4H2,1H3,(H,9,10). The first-order chi connectivity index (χ1) is 4.86. The van der Waals surface area contributed by atoms with Gasteiger partial charge in [0.15, 0.2) is 0 Å². The number of hydrogen-bond donors (Lipinski definition) is 1. The first-order valence-corrected chi connectivity index (χ1v) is 3.59. The summed E-state index contributed by atoms with van der Waals surface area (Å²) < 4.78 is 0. The van der Waals surface area contributed by atoms with Crippen molar-refractivity contribution in [3.05, 3.63) is 23.9 Å². The summed E-state index contributed by atoms with van der Waals surface area (Å²) in [5, 5.41) is 2.92. The summed E-state index contributed by atoms with van der Waals surface area (Å²) in [4.78, 5) is 4.07. The van der Waals surface area contributed by atoms with E-state index in [0.717, 1.165) is 11.4 Å². The Morgan fingerprint density at radius 3 is 2.80 bits per heavy atom. The Morgan fingerprint density at radius 1 is 1.60 bits per heavy atom. The van der Waals surface area contributed by atoms with E-state index >= 15 is 0 Å². The van der Waals surface area contributed by atoms with Crippen LogP contribution < -0.4 is 5.32 Å². The normalized spacial score (nSPS) is 9.40. The van der Waals surface area contributed by atoms with Crippen LogP contribution in [0.1, 0.15) is 5.56 Å². The smallest absolute Gasteiger partial charge is 0.125 e. The zero-order chi connectivity index (χ0) is 7.40. The minimum Gasteiger partial charge on any atom is -0.373 e. The fraction of sp³-hybridized carbons (Fsp3) is 0.286. The monoisotopic (exact) mass is 156 g/mol. The molecule has 0 saturated heterocycles. The van der Waals surface area contributed by atoms with Crippen molar-refractivity contribution in [2.75, 3.05) is 12.4 Å². The third-order valence-corrected chi connectivity index (χ3v) is 1.54. The highest BCUT2D eigenvalue weighted by Crippen LogP contribution is 2.05. The number of aromatic nitrogens is 1. The number of alkyl halides is 1. The largest absolute Gasteiger partial charge is 0.373 e. The second-order valence-electron chi connectivity index (χ2n) is 1.94. The molecular formula is C7H9ClN2. The highest BCUT2D eigenvalue weighted by Gasteiger charge is 1.90. The second-order valence-corrected chi connectivity index (χ2v) is 2.20. The maximum atomic E-state index is 5.56. The molecule has 3 heteroatoms. The van der Waals surface area contributed by atoms with Gasteiger partial charge >= 0.3 is 0 Å². The van der Waals surface area contributed by atoms with Gasteiger partial charge in [0.25, 0.3) is 0 Å². The maximum Gasteiger partial charge on any atom is 0.125 e. The molecule has 0 amide bonds. The second kappa shape index (κ2) is 3.42. The van der Waals surface area contributed by atoms with Gasteiger partial charge in [0.05, 0.1) is 0 Å². The topological polar surface area (TPSA) is 24.9 Å². The molecule has 0 aromatic carbocycles. The highest BCUT2D eigenvalue weighted by atomic mass is 35.5. The van der Waals surface area contributed by atoms with Crippen LogP contribution >= 0.6 is 11.6 Å². The van der Waals surface area contributed by atoms with Crippen LogP contribution in [0.2, 0.25) is 0 Å². The predicted octanol–water partition coefficient (Wildman–Crippen LogP) is 1.86. The molecule has 1 N–H and O–H groups in total. The molecule has 1 aromatic rings. The molecule has 0 aliphatic rings. The number of rotatable bonds is 2. The van der Waals surface area contributed by atoms with Gasteiger partial charge in [-0.2, -0.15) is 0 Å². The van der Waals surface area contributed by atoms with Gasteiger partial charge in [-0.15, -0.1) is 11.6 Å². The Morgan fingerprint density at radius 2 is 2.40 bits per heavy atom. The van der Waals surface area contributed by atoms with Crippen molar-refractivity contribution in [1.29, 1.82) is 0 Å². The van der Waals surface area contributed by atoms with Crippen LogP contribution in [0.4, 0.5) is 5.82 Å². The zero-order valence-corrected chi connectivity index (χ0v) is 6.52. The van der Waals surface area contributed by atoms with E-state index in [0.29, 0.717) is 5.88 Å². The molecule has 0 unspecified atom stereocenters. The van der Waals surface area contributed by atoms with E-state index in [2.05, 4.69) is 10.3 Å². The molecule has 0 aliphatic carbocycles. The number of anilines is 1. The van der Waals surface area contributed by atoms with E-state index in [4.69, 9.17) is 11.6 Å². The summed E-state index contributed by atoms with van der Waals surface area (Å²) in [5.74, 6) is 1.39. The highest BCUT2D eigenvalue weighted by molar-refractivity contribution is 6.17. The summed E-state index contributed by atoms with van der Waals surface area (Å²) in [6, 6.07) is 3.85. The summed E-state index contributed by atoms with van der Waals surface area (Å²) in [7, 11) is 1.84. The Labute approximate surface area is 65.2 Å². The van der Waals surface area contributed by atoms with E-state index in [9.17, 15) is 0 Å². The first kappa shape index (κ1) is 7.35. The van der Waals surface area contributed by atoms with Crippen molar-refractivity contribution >= 4 is 17.4 Å². The minimum absolute atomic E-state index is 0.525. The predicted molar refractivity (Wildman–Crippen MR) is 43.3 cm³/mol. The van der Waals surface area contributed by atoms with Gasteiger partial charge in [0.1, 0.15) is 5.82 Å². The molecule has 0 aliphatic heterocycles. The Kier molecular flexibility index (Phi) is 2.51. The molecular weight excluding hydrogens is 148 g/mol. The van der Waals surface area contributed by atoms with Gasteiger partial charge < -0.3 is 5.32 Å². The number of pyridine rings is 1. The van der Waals surface area contributed by atoms with Gasteiger partial charge in [0, 0.05) is 19.1 Å². The van der Waals surface area contributed by atoms with Crippen LogP contribution in [0.5, 0.6) is 0 Å². The van der Waals surface area contributed by atoms with Gasteiger partial charge in [-0.05, 0) is 11.6 Å². The Hall–Kier alpha value is -0.760. The minimum atomic E-state index is 0.525. The fourth-order valence-electron chi connectivity index (χ4n) is 0.651. The summed E-state index contributed by atoms with van der Waals surface area (Å²) in [6.45, 7) is 0. The van der Waals surface area contributed by atoms with Crippen LogP contribution in [0.25, 0.3) is 0 Å². The lowest BCUT2D eigenvalue weighted by atomic mass is 10.3. The van der Waals surface area contributed by atoms with Crippen LogP contribution in [0.15, 0.2) is 18.3 Å². The fourth-order valence-corrected chi connectivity index (χ4v) is 0.810. The quantitative estimate of drug-likeness (QED) is 0.662. The molecule has 1 rings (SSSR count). The molecule has 0 radical (unpaired) electrons. The van der Waals surface area contributed by atoms with Crippen molar-refractivity contribution in [2.45, 2.75) is 5.88 Å². The summed E-state index contributed by atoms with van der Waals surface area (Å²) >= 11 is 5.56. The van der Waals surface area contributed by atoms with E-state index in [1.807, 2.05) is 19.2 Å². The van der Waals surface area contributed by atoms with Crippen molar-refractivity contribution in [3.63, 3.8) is 0 Å². The van der Waals surface area contributed by atoms with Crippen LogP contribution in [0.3, 0.4) is 0 Å². The molecule has 0 saturated carbocycles. The van der Waals surface area contributed by atoms with E-state index in [1.54, 1.807) is 6.20 Å². The first-order valence-electron chi connectivity index (χ1n) is 3.05. The Balaban J connectivity index is 2.80. The summed E-state index contributed by atoms with van der Waals surface area (Å²) in [6.07, 6.45) is 1.76. The molecule has 2 nitrogen and oxygen atoms in total. The van der Waals surface area contributed by atoms with E-state index in [1.165, 1.54) is 0 Å². The van der Waals surface area contributed by atoms with E-state index < -0.39 is 0 Å². The van der Waals surface area contributed by atoms with Crippen molar-refractivity contribution in [3.8, 4) is 0 Å². The molecule has 54 valence electrons. The average Bonchev–Trinajstić information content (AvgIpc) is 2.05. The van der Waals surface area contributed by atoms with Crippen molar-refractivity contribution in [2.24, 2.45) is 0 Å².